The van der Waals surface area contributed by atoms with Gasteiger partial charge in [0.25, 0.3) is 0 Å². The molecule has 0 bridgehead atoms. The second kappa shape index (κ2) is 7.62. The normalized spacial score (nSPS) is 22.8. The summed E-state index contributed by atoms with van der Waals surface area (Å²) in [6.07, 6.45) is 3.19. The Kier molecular flexibility index (Phi) is 6.48. The molecule has 2 unspecified atom stereocenters. The van der Waals surface area contributed by atoms with E-state index >= 15 is 0 Å². The monoisotopic (exact) mass is 288 g/mol. The second-order valence-electron chi connectivity index (χ2n) is 5.32. The number of urea groups is 1. The van der Waals surface area contributed by atoms with E-state index in [-0.39, 0.29) is 11.4 Å². The highest BCUT2D eigenvalue weighted by Gasteiger charge is 2.39. The Morgan fingerprint density at radius 3 is 2.68 bits per heavy atom. The molecule has 0 aromatic heterocycles. The van der Waals surface area contributed by atoms with Crippen molar-refractivity contribution in [1.82, 2.24) is 10.2 Å². The first-order valence-electron chi connectivity index (χ1n) is 6.84. The maximum Gasteiger partial charge on any atom is 0.327 e. The van der Waals surface area contributed by atoms with Crippen LogP contribution in [0.25, 0.3) is 0 Å². The molecule has 2 amide bonds. The Morgan fingerprint density at radius 2 is 2.11 bits per heavy atom. The molecule has 0 aromatic carbocycles. The molecule has 1 aliphatic heterocycles. The Hall–Kier alpha value is -0.910. The molecule has 19 heavy (non-hydrogen) atoms. The van der Waals surface area contributed by atoms with Crippen LogP contribution in [0.3, 0.4) is 0 Å². The molecule has 6 heteroatoms. The van der Waals surface area contributed by atoms with Gasteiger partial charge in [-0.3, -0.25) is 4.90 Å². The van der Waals surface area contributed by atoms with Crippen LogP contribution >= 0.6 is 11.8 Å². The van der Waals surface area contributed by atoms with Gasteiger partial charge in [0.15, 0.2) is 0 Å². The molecule has 2 atom stereocenters. The van der Waals surface area contributed by atoms with Gasteiger partial charge in [-0.1, -0.05) is 26.7 Å². The van der Waals surface area contributed by atoms with Crippen molar-refractivity contribution in [3.05, 3.63) is 0 Å². The summed E-state index contributed by atoms with van der Waals surface area (Å²) in [5.74, 6) is 0.228. The molecule has 110 valence electrons. The minimum Gasteiger partial charge on any atom is -0.480 e. The molecule has 1 rings (SSSR count). The van der Waals surface area contributed by atoms with E-state index in [1.807, 2.05) is 6.92 Å². The summed E-state index contributed by atoms with van der Waals surface area (Å²) in [5, 5.41) is 11.8. The zero-order valence-electron chi connectivity index (χ0n) is 11.9. The molecule has 0 radical (unpaired) electrons. The summed E-state index contributed by atoms with van der Waals surface area (Å²) in [6.45, 7) is 6.84. The maximum atomic E-state index is 12.0. The number of aliphatic carboxylic acids is 1. The van der Waals surface area contributed by atoms with Crippen molar-refractivity contribution in [3.8, 4) is 0 Å². The van der Waals surface area contributed by atoms with E-state index in [1.165, 1.54) is 16.7 Å². The number of thioether (sulfide) groups is 1. The highest BCUT2D eigenvalue weighted by molar-refractivity contribution is 8.00. The van der Waals surface area contributed by atoms with E-state index in [0.717, 1.165) is 19.3 Å². The molecule has 0 spiro atoms. The molecule has 1 heterocycles. The van der Waals surface area contributed by atoms with Gasteiger partial charge < -0.3 is 10.4 Å². The smallest absolute Gasteiger partial charge is 0.327 e. The van der Waals surface area contributed by atoms with Crippen LogP contribution in [0.15, 0.2) is 0 Å². The van der Waals surface area contributed by atoms with Crippen LogP contribution in [0.5, 0.6) is 0 Å². The van der Waals surface area contributed by atoms with Gasteiger partial charge in [-0.15, -0.1) is 11.8 Å². The Morgan fingerprint density at radius 1 is 1.42 bits per heavy atom. The van der Waals surface area contributed by atoms with E-state index in [9.17, 15) is 9.59 Å². The fraction of sp³-hybridized carbons (Fsp3) is 0.846. The van der Waals surface area contributed by atoms with Crippen molar-refractivity contribution in [1.29, 1.82) is 0 Å². The lowest BCUT2D eigenvalue weighted by Gasteiger charge is -2.25. The zero-order valence-corrected chi connectivity index (χ0v) is 12.7. The molecule has 1 aliphatic rings. The van der Waals surface area contributed by atoms with Crippen LogP contribution in [0.4, 0.5) is 4.79 Å². The van der Waals surface area contributed by atoms with Gasteiger partial charge in [-0.05, 0) is 19.3 Å². The van der Waals surface area contributed by atoms with Crippen molar-refractivity contribution in [2.24, 2.45) is 5.92 Å². The number of carbonyl (C=O) groups is 2. The largest absolute Gasteiger partial charge is 0.480 e. The lowest BCUT2D eigenvalue weighted by Crippen LogP contribution is -2.49. The van der Waals surface area contributed by atoms with Crippen LogP contribution in [0, 0.1) is 5.92 Å². The van der Waals surface area contributed by atoms with Gasteiger partial charge in [-0.2, -0.15) is 0 Å². The molecule has 0 saturated carbocycles. The van der Waals surface area contributed by atoms with Gasteiger partial charge in [0, 0.05) is 12.3 Å². The Labute approximate surface area is 119 Å². The number of carbonyl (C=O) groups excluding carboxylic acids is 1. The molecule has 5 nitrogen and oxygen atoms in total. The summed E-state index contributed by atoms with van der Waals surface area (Å²) >= 11 is 1.50. The number of carboxylic acids is 1. The number of hydrogen-bond acceptors (Lipinski definition) is 3. The predicted molar refractivity (Wildman–Crippen MR) is 77.3 cm³/mol. The summed E-state index contributed by atoms with van der Waals surface area (Å²) in [4.78, 5) is 24.5. The van der Waals surface area contributed by atoms with Crippen molar-refractivity contribution < 1.29 is 14.7 Å². The van der Waals surface area contributed by atoms with Crippen LogP contribution < -0.4 is 5.32 Å². The third-order valence-electron chi connectivity index (χ3n) is 3.23. The zero-order chi connectivity index (χ0) is 14.4. The first kappa shape index (κ1) is 16.1. The summed E-state index contributed by atoms with van der Waals surface area (Å²) in [6, 6.07) is -0.954. The van der Waals surface area contributed by atoms with E-state index in [0.29, 0.717) is 18.2 Å². The molecule has 0 aliphatic carbocycles. The average molecular weight is 288 g/mol. The number of carboxylic acid groups (broad SMARTS) is 1. The molecular weight excluding hydrogens is 264 g/mol. The van der Waals surface area contributed by atoms with E-state index in [4.69, 9.17) is 5.11 Å². The third kappa shape index (κ3) is 4.93. The van der Waals surface area contributed by atoms with E-state index < -0.39 is 12.0 Å². The standard InChI is InChI=1S/C13H24N2O3S/c1-9(2)6-4-5-7-14-13(18)15-10(3)19-8-11(15)12(16)17/h9-11H,4-8H2,1-3H3,(H,14,18)(H,16,17). The fourth-order valence-corrected chi connectivity index (χ4v) is 3.27. The molecule has 1 fully saturated rings. The van der Waals surface area contributed by atoms with Gasteiger partial charge >= 0.3 is 12.0 Å². The SMILES string of the molecule is CC(C)CCCCNC(=O)N1C(C)SCC1C(=O)O. The quantitative estimate of drug-likeness (QED) is 0.736. The molecule has 1 saturated heterocycles. The predicted octanol–water partition coefficient (Wildman–Crippen LogP) is 2.37. The average Bonchev–Trinajstić information content (AvgIpc) is 2.70. The van der Waals surface area contributed by atoms with Crippen molar-refractivity contribution >= 4 is 23.8 Å². The highest BCUT2D eigenvalue weighted by Crippen LogP contribution is 2.28. The van der Waals surface area contributed by atoms with Crippen LogP contribution in [0.1, 0.15) is 40.0 Å². The van der Waals surface area contributed by atoms with Gasteiger partial charge in [0.05, 0.1) is 5.37 Å². The summed E-state index contributed by atoms with van der Waals surface area (Å²) in [5.41, 5.74) is 0. The highest BCUT2D eigenvalue weighted by atomic mass is 32.2. The summed E-state index contributed by atoms with van der Waals surface area (Å²) in [7, 11) is 0. The molecule has 0 aromatic rings. The number of nitrogens with one attached hydrogen (secondary N) is 1. The van der Waals surface area contributed by atoms with Crippen LogP contribution in [0.2, 0.25) is 0 Å². The van der Waals surface area contributed by atoms with Gasteiger partial charge in [-0.25, -0.2) is 9.59 Å². The van der Waals surface area contributed by atoms with Crippen molar-refractivity contribution in [3.63, 3.8) is 0 Å². The first-order chi connectivity index (χ1) is 8.93. The van der Waals surface area contributed by atoms with E-state index in [2.05, 4.69) is 19.2 Å². The maximum absolute atomic E-state index is 12.0. The lowest BCUT2D eigenvalue weighted by atomic mass is 10.1. The Bertz CT molecular complexity index is 323. The van der Waals surface area contributed by atoms with Gasteiger partial charge in [0.1, 0.15) is 6.04 Å². The lowest BCUT2D eigenvalue weighted by molar-refractivity contribution is -0.141. The van der Waals surface area contributed by atoms with Crippen molar-refractivity contribution in [2.75, 3.05) is 12.3 Å². The minimum atomic E-state index is -0.924. The van der Waals surface area contributed by atoms with Crippen LogP contribution in [-0.4, -0.2) is 45.7 Å². The van der Waals surface area contributed by atoms with Crippen LogP contribution in [-0.2, 0) is 4.79 Å². The molecular formula is C13H24N2O3S. The second-order valence-corrected chi connectivity index (χ2v) is 6.66. The minimum absolute atomic E-state index is 0.0724. The number of unbranched alkanes of at least 4 members (excludes halogenated alkanes) is 1. The number of nitrogens with zero attached hydrogens (tertiary/aromatic N) is 1. The van der Waals surface area contributed by atoms with Crippen molar-refractivity contribution in [2.45, 2.75) is 51.4 Å². The first-order valence-corrected chi connectivity index (χ1v) is 7.89. The topological polar surface area (TPSA) is 69.6 Å². The third-order valence-corrected chi connectivity index (χ3v) is 4.44. The Balaban J connectivity index is 2.33. The van der Waals surface area contributed by atoms with Gasteiger partial charge in [0.2, 0.25) is 0 Å². The molecule has 2 N–H and O–H groups in total. The number of hydrogen-bond donors (Lipinski definition) is 2. The summed E-state index contributed by atoms with van der Waals surface area (Å²) < 4.78 is 0. The number of amides is 2. The van der Waals surface area contributed by atoms with E-state index in [1.54, 1.807) is 0 Å². The number of rotatable bonds is 6. The fourth-order valence-electron chi connectivity index (χ4n) is 2.11.